The van der Waals surface area contributed by atoms with E-state index in [4.69, 9.17) is 4.84 Å². The van der Waals surface area contributed by atoms with Gasteiger partial charge in [-0.3, -0.25) is 0 Å². The number of benzene rings is 1. The van der Waals surface area contributed by atoms with Crippen LogP contribution in [0.15, 0.2) is 18.2 Å². The zero-order valence-corrected chi connectivity index (χ0v) is 11.9. The van der Waals surface area contributed by atoms with Crippen molar-refractivity contribution in [2.75, 3.05) is 13.1 Å². The smallest absolute Gasteiger partial charge is 0.152 e. The lowest BCUT2D eigenvalue weighted by molar-refractivity contribution is 0.00497. The van der Waals surface area contributed by atoms with Gasteiger partial charge in [0.25, 0.3) is 0 Å². The highest BCUT2D eigenvalue weighted by Crippen LogP contribution is 2.26. The van der Waals surface area contributed by atoms with Gasteiger partial charge < -0.3 is 10.2 Å². The highest BCUT2D eigenvalue weighted by Gasteiger charge is 2.21. The van der Waals surface area contributed by atoms with Gasteiger partial charge >= 0.3 is 0 Å². The fourth-order valence-corrected chi connectivity index (χ4v) is 2.66. The third kappa shape index (κ3) is 2.38. The Kier molecular flexibility index (Phi) is 3.61. The molecule has 0 amide bonds. The first kappa shape index (κ1) is 13.4. The predicted octanol–water partition coefficient (Wildman–Crippen LogP) is 2.48. The Labute approximate surface area is 117 Å². The van der Waals surface area contributed by atoms with Gasteiger partial charge in [0, 0.05) is 5.39 Å². The molecule has 0 saturated carbocycles. The van der Waals surface area contributed by atoms with Crippen LogP contribution >= 0.6 is 0 Å². The minimum absolute atomic E-state index is 0.0963. The fourth-order valence-electron chi connectivity index (χ4n) is 2.66. The molecule has 1 aromatic carbocycles. The van der Waals surface area contributed by atoms with Gasteiger partial charge in [0.2, 0.25) is 0 Å². The van der Waals surface area contributed by atoms with E-state index in [1.54, 1.807) is 6.07 Å². The molecular formula is C15H20FN3O. The molecule has 5 heteroatoms. The summed E-state index contributed by atoms with van der Waals surface area (Å²) < 4.78 is 14.1. The van der Waals surface area contributed by atoms with Crippen LogP contribution in [0.5, 0.6) is 0 Å². The summed E-state index contributed by atoms with van der Waals surface area (Å²) in [6.07, 6.45) is 1.94. The molecule has 4 nitrogen and oxygen atoms in total. The molecule has 1 saturated heterocycles. The van der Waals surface area contributed by atoms with Crippen molar-refractivity contribution in [1.29, 1.82) is 0 Å². The maximum atomic E-state index is 14.1. The highest BCUT2D eigenvalue weighted by atomic mass is 19.1. The number of nitrogens with one attached hydrogen (secondary N) is 1. The summed E-state index contributed by atoms with van der Waals surface area (Å²) in [4.78, 5) is 7.30. The standard InChI is InChI=1S/C15H20FN3O/c1-10(2)14-12-4-3-5-13(16)15(12)19(18-14)20-11-6-8-17-9-7-11/h3-5,10-11,17H,6-9H2,1-2H3. The molecule has 1 fully saturated rings. The van der Waals surface area contributed by atoms with Gasteiger partial charge in [-0.2, -0.15) is 0 Å². The van der Waals surface area contributed by atoms with E-state index in [1.807, 2.05) is 6.07 Å². The van der Waals surface area contributed by atoms with E-state index < -0.39 is 0 Å². The number of hydrogen-bond donors (Lipinski definition) is 1. The molecule has 2 heterocycles. The first-order chi connectivity index (χ1) is 9.66. The van der Waals surface area contributed by atoms with Crippen LogP contribution in [-0.2, 0) is 0 Å². The largest absolute Gasteiger partial charge is 0.393 e. The molecule has 1 N–H and O–H groups in total. The van der Waals surface area contributed by atoms with Crippen LogP contribution in [0.2, 0.25) is 0 Å². The van der Waals surface area contributed by atoms with Crippen LogP contribution < -0.4 is 10.2 Å². The lowest BCUT2D eigenvalue weighted by Crippen LogP contribution is -2.37. The molecule has 1 aromatic heterocycles. The predicted molar refractivity (Wildman–Crippen MR) is 76.3 cm³/mol. The maximum Gasteiger partial charge on any atom is 0.152 e. The van der Waals surface area contributed by atoms with Crippen LogP contribution in [-0.4, -0.2) is 29.1 Å². The summed E-state index contributed by atoms with van der Waals surface area (Å²) in [6, 6.07) is 5.08. The first-order valence-corrected chi connectivity index (χ1v) is 7.22. The molecule has 0 bridgehead atoms. The van der Waals surface area contributed by atoms with Crippen molar-refractivity contribution in [3.8, 4) is 0 Å². The lowest BCUT2D eigenvalue weighted by Gasteiger charge is -2.23. The molecule has 3 rings (SSSR count). The highest BCUT2D eigenvalue weighted by molar-refractivity contribution is 5.82. The minimum Gasteiger partial charge on any atom is -0.393 e. The van der Waals surface area contributed by atoms with E-state index in [1.165, 1.54) is 10.9 Å². The lowest BCUT2D eigenvalue weighted by atomic mass is 10.1. The summed E-state index contributed by atoms with van der Waals surface area (Å²) in [5.41, 5.74) is 1.34. The third-order valence-corrected chi connectivity index (χ3v) is 3.73. The van der Waals surface area contributed by atoms with Gasteiger partial charge in [-0.25, -0.2) is 4.39 Å². The molecule has 2 aromatic rings. The number of halogens is 1. The van der Waals surface area contributed by atoms with E-state index in [9.17, 15) is 4.39 Å². The molecule has 0 radical (unpaired) electrons. The number of rotatable bonds is 3. The molecule has 108 valence electrons. The Morgan fingerprint density at radius 1 is 1.35 bits per heavy atom. The monoisotopic (exact) mass is 277 g/mol. The first-order valence-electron chi connectivity index (χ1n) is 7.22. The molecule has 1 aliphatic heterocycles. The summed E-state index contributed by atoms with van der Waals surface area (Å²) in [5, 5.41) is 8.61. The van der Waals surface area contributed by atoms with Crippen LogP contribution in [0, 0.1) is 5.82 Å². The van der Waals surface area contributed by atoms with Crippen molar-refractivity contribution in [3.63, 3.8) is 0 Å². The van der Waals surface area contributed by atoms with Gasteiger partial charge in [0.15, 0.2) is 5.82 Å². The van der Waals surface area contributed by atoms with Crippen molar-refractivity contribution >= 4 is 10.9 Å². The Hall–Kier alpha value is -1.62. The van der Waals surface area contributed by atoms with Crippen LogP contribution in [0.3, 0.4) is 0 Å². The third-order valence-electron chi connectivity index (χ3n) is 3.73. The average molecular weight is 277 g/mol. The second-order valence-electron chi connectivity index (χ2n) is 5.60. The van der Waals surface area contributed by atoms with Crippen LogP contribution in [0.1, 0.15) is 38.3 Å². The topological polar surface area (TPSA) is 39.1 Å². The Morgan fingerprint density at radius 3 is 2.80 bits per heavy atom. The quantitative estimate of drug-likeness (QED) is 0.937. The number of para-hydroxylation sites is 1. The van der Waals surface area contributed by atoms with E-state index in [0.717, 1.165) is 37.0 Å². The second kappa shape index (κ2) is 5.40. The van der Waals surface area contributed by atoms with Crippen molar-refractivity contribution in [1.82, 2.24) is 15.3 Å². The zero-order chi connectivity index (χ0) is 14.1. The molecule has 0 unspecified atom stereocenters. The summed E-state index contributed by atoms with van der Waals surface area (Å²) >= 11 is 0. The van der Waals surface area contributed by atoms with Crippen molar-refractivity contribution < 1.29 is 9.23 Å². The van der Waals surface area contributed by atoms with Gasteiger partial charge in [0.1, 0.15) is 11.6 Å². The van der Waals surface area contributed by atoms with Crippen molar-refractivity contribution in [2.24, 2.45) is 0 Å². The number of nitrogens with zero attached hydrogens (tertiary/aromatic N) is 2. The van der Waals surface area contributed by atoms with Gasteiger partial charge in [-0.1, -0.05) is 30.8 Å². The zero-order valence-electron chi connectivity index (χ0n) is 11.9. The normalized spacial score (nSPS) is 17.0. The average Bonchev–Trinajstić information content (AvgIpc) is 2.80. The number of aromatic nitrogens is 2. The van der Waals surface area contributed by atoms with Crippen LogP contribution in [0.25, 0.3) is 10.9 Å². The Balaban J connectivity index is 2.01. The summed E-state index contributed by atoms with van der Waals surface area (Å²) in [5.74, 6) is -0.0481. The number of hydrogen-bond acceptors (Lipinski definition) is 3. The second-order valence-corrected chi connectivity index (χ2v) is 5.60. The van der Waals surface area contributed by atoms with E-state index in [2.05, 4.69) is 24.3 Å². The molecule has 0 aliphatic carbocycles. The summed E-state index contributed by atoms with van der Waals surface area (Å²) in [7, 11) is 0. The Bertz CT molecular complexity index is 602. The minimum atomic E-state index is -0.282. The molecule has 1 aliphatic rings. The van der Waals surface area contributed by atoms with Gasteiger partial charge in [-0.05, 0) is 37.9 Å². The van der Waals surface area contributed by atoms with Crippen molar-refractivity contribution in [2.45, 2.75) is 38.7 Å². The van der Waals surface area contributed by atoms with E-state index in [0.29, 0.717) is 5.52 Å². The fraction of sp³-hybridized carbons (Fsp3) is 0.533. The molecule has 20 heavy (non-hydrogen) atoms. The van der Waals surface area contributed by atoms with Crippen LogP contribution in [0.4, 0.5) is 4.39 Å². The maximum absolute atomic E-state index is 14.1. The molecule has 0 atom stereocenters. The van der Waals surface area contributed by atoms with Gasteiger partial charge in [-0.15, -0.1) is 5.10 Å². The number of fused-ring (bicyclic) bond motifs is 1. The Morgan fingerprint density at radius 2 is 2.10 bits per heavy atom. The van der Waals surface area contributed by atoms with Crippen molar-refractivity contribution in [3.05, 3.63) is 29.7 Å². The van der Waals surface area contributed by atoms with E-state index in [-0.39, 0.29) is 17.8 Å². The molecule has 0 spiro atoms. The van der Waals surface area contributed by atoms with E-state index >= 15 is 0 Å². The summed E-state index contributed by atoms with van der Waals surface area (Å²) in [6.45, 7) is 5.98. The molecular weight excluding hydrogens is 257 g/mol. The SMILES string of the molecule is CC(C)c1nn(OC2CCNCC2)c2c(F)cccc12. The van der Waals surface area contributed by atoms with Gasteiger partial charge in [0.05, 0.1) is 5.69 Å². The number of piperidine rings is 1.